The van der Waals surface area contributed by atoms with Crippen LogP contribution in [-0.2, 0) is 5.41 Å². The molecule has 0 fully saturated rings. The molecule has 1 unspecified atom stereocenters. The Morgan fingerprint density at radius 1 is 0.482 bits per heavy atom. The van der Waals surface area contributed by atoms with Crippen molar-refractivity contribution in [3.8, 4) is 27.9 Å². The Bertz CT molecular complexity index is 2890. The third-order valence-corrected chi connectivity index (χ3v) is 12.3. The van der Waals surface area contributed by atoms with Gasteiger partial charge in [-0.3, -0.25) is 0 Å². The van der Waals surface area contributed by atoms with E-state index in [1.54, 1.807) is 0 Å². The number of anilines is 3. The Balaban J connectivity index is 1.16. The Kier molecular flexibility index (Phi) is 7.42. The molecule has 0 saturated carbocycles. The number of nitrogens with zero attached hydrogens (tertiary/aromatic N) is 2. The quantitative estimate of drug-likeness (QED) is 0.178. The van der Waals surface area contributed by atoms with E-state index in [-0.39, 0.29) is 6.04 Å². The van der Waals surface area contributed by atoms with E-state index >= 15 is 0 Å². The van der Waals surface area contributed by atoms with Crippen molar-refractivity contribution < 1.29 is 0 Å². The van der Waals surface area contributed by atoms with E-state index in [0.29, 0.717) is 0 Å². The fourth-order valence-corrected chi connectivity index (χ4v) is 9.98. The molecular formula is C53H41N3. The minimum Gasteiger partial charge on any atom is -0.324 e. The van der Waals surface area contributed by atoms with Crippen LogP contribution in [0.25, 0.3) is 49.7 Å². The van der Waals surface area contributed by atoms with Gasteiger partial charge >= 0.3 is 0 Å². The lowest BCUT2D eigenvalue weighted by molar-refractivity contribution is 0.639. The standard InChI is InChI=1S/C53H41N3/c1-2-15-50(54)35-26-30-51-44(32-35)45-33-38(28-31-52(45)56(51)37-18-7-4-8-19-37)55(36-16-5-3-6-17-36)39-27-29-43-42-22-11-14-25-48(42)53(49(43)34-39)46-23-12-9-20-40(46)41-21-10-13-24-47(41)53/h3-14,16-34,50H,2,15,54H2,1H3. The third kappa shape index (κ3) is 4.62. The van der Waals surface area contributed by atoms with Gasteiger partial charge in [0.05, 0.1) is 16.4 Å². The van der Waals surface area contributed by atoms with Gasteiger partial charge in [-0.15, -0.1) is 0 Å². The molecule has 8 aromatic carbocycles. The summed E-state index contributed by atoms with van der Waals surface area (Å²) in [5, 5.41) is 2.42. The zero-order valence-electron chi connectivity index (χ0n) is 31.4. The summed E-state index contributed by atoms with van der Waals surface area (Å²) in [6.45, 7) is 2.20. The monoisotopic (exact) mass is 719 g/mol. The average molecular weight is 720 g/mol. The topological polar surface area (TPSA) is 34.2 Å². The van der Waals surface area contributed by atoms with Crippen molar-refractivity contribution >= 4 is 38.9 Å². The van der Waals surface area contributed by atoms with Gasteiger partial charge in [0.2, 0.25) is 0 Å². The smallest absolute Gasteiger partial charge is 0.0726 e. The summed E-state index contributed by atoms with van der Waals surface area (Å²) in [5.41, 5.74) is 25.0. The molecule has 3 nitrogen and oxygen atoms in total. The van der Waals surface area contributed by atoms with Crippen LogP contribution in [0.4, 0.5) is 17.1 Å². The van der Waals surface area contributed by atoms with E-state index in [4.69, 9.17) is 5.73 Å². The van der Waals surface area contributed by atoms with Crippen LogP contribution in [0, 0.1) is 0 Å². The first-order chi connectivity index (χ1) is 27.7. The molecule has 0 saturated heterocycles. The van der Waals surface area contributed by atoms with Crippen molar-refractivity contribution in [2.45, 2.75) is 31.2 Å². The molecule has 1 atom stereocenters. The normalized spacial score (nSPS) is 13.8. The number of rotatable bonds is 7. The van der Waals surface area contributed by atoms with E-state index in [2.05, 4.69) is 204 Å². The van der Waals surface area contributed by atoms with Crippen LogP contribution < -0.4 is 10.6 Å². The van der Waals surface area contributed by atoms with Gasteiger partial charge in [0.1, 0.15) is 0 Å². The lowest BCUT2D eigenvalue weighted by Gasteiger charge is -2.32. The summed E-state index contributed by atoms with van der Waals surface area (Å²) in [4.78, 5) is 2.43. The first kappa shape index (κ1) is 32.7. The average Bonchev–Trinajstić information content (AvgIpc) is 3.86. The van der Waals surface area contributed by atoms with Crippen LogP contribution in [0.5, 0.6) is 0 Å². The molecule has 2 N–H and O–H groups in total. The molecule has 268 valence electrons. The van der Waals surface area contributed by atoms with Crippen LogP contribution >= 0.6 is 0 Å². The highest BCUT2D eigenvalue weighted by atomic mass is 15.1. The number of nitrogens with two attached hydrogens (primary N) is 1. The summed E-state index contributed by atoms with van der Waals surface area (Å²) in [5.74, 6) is 0. The minimum absolute atomic E-state index is 0.00256. The third-order valence-electron chi connectivity index (χ3n) is 12.3. The molecule has 1 spiro atoms. The van der Waals surface area contributed by atoms with Crippen molar-refractivity contribution in [1.29, 1.82) is 0 Å². The molecule has 56 heavy (non-hydrogen) atoms. The fraction of sp³-hybridized carbons (Fsp3) is 0.0943. The highest BCUT2D eigenvalue weighted by molar-refractivity contribution is 6.11. The maximum absolute atomic E-state index is 6.76. The number of hydrogen-bond donors (Lipinski definition) is 1. The zero-order valence-corrected chi connectivity index (χ0v) is 31.4. The van der Waals surface area contributed by atoms with Gasteiger partial charge in [-0.1, -0.05) is 135 Å². The molecule has 1 heterocycles. The van der Waals surface area contributed by atoms with Crippen molar-refractivity contribution in [2.24, 2.45) is 5.73 Å². The predicted molar refractivity (Wildman–Crippen MR) is 234 cm³/mol. The molecule has 0 bridgehead atoms. The molecule has 9 aromatic rings. The second-order valence-electron chi connectivity index (χ2n) is 15.3. The van der Waals surface area contributed by atoms with Crippen molar-refractivity contribution in [1.82, 2.24) is 4.57 Å². The Morgan fingerprint density at radius 2 is 0.982 bits per heavy atom. The van der Waals surface area contributed by atoms with Crippen LogP contribution in [0.15, 0.2) is 188 Å². The minimum atomic E-state index is -0.418. The molecule has 0 radical (unpaired) electrons. The molecular weight excluding hydrogens is 679 g/mol. The van der Waals surface area contributed by atoms with Gasteiger partial charge in [0.15, 0.2) is 0 Å². The first-order valence-corrected chi connectivity index (χ1v) is 19.8. The summed E-state index contributed by atoms with van der Waals surface area (Å²) >= 11 is 0. The highest BCUT2D eigenvalue weighted by Crippen LogP contribution is 2.63. The number of fused-ring (bicyclic) bond motifs is 13. The molecule has 2 aliphatic rings. The van der Waals surface area contributed by atoms with E-state index in [1.807, 2.05) is 0 Å². The van der Waals surface area contributed by atoms with Crippen molar-refractivity contribution in [2.75, 3.05) is 4.90 Å². The molecule has 2 aliphatic carbocycles. The summed E-state index contributed by atoms with van der Waals surface area (Å²) in [6, 6.07) is 69.5. The van der Waals surface area contributed by atoms with Gasteiger partial charge < -0.3 is 15.2 Å². The number of hydrogen-bond acceptors (Lipinski definition) is 2. The predicted octanol–water partition coefficient (Wildman–Crippen LogP) is 13.4. The Labute approximate surface area is 327 Å². The Hall–Kier alpha value is -6.68. The summed E-state index contributed by atoms with van der Waals surface area (Å²) in [7, 11) is 0. The largest absolute Gasteiger partial charge is 0.324 e. The number of aromatic nitrogens is 1. The lowest BCUT2D eigenvalue weighted by atomic mass is 9.70. The van der Waals surface area contributed by atoms with Gasteiger partial charge in [-0.05, 0) is 123 Å². The van der Waals surface area contributed by atoms with E-state index in [9.17, 15) is 0 Å². The van der Waals surface area contributed by atoms with Crippen LogP contribution in [0.1, 0.15) is 53.6 Å². The zero-order chi connectivity index (χ0) is 37.4. The van der Waals surface area contributed by atoms with E-state index in [1.165, 1.54) is 71.9 Å². The number of para-hydroxylation sites is 2. The van der Waals surface area contributed by atoms with Crippen LogP contribution in [0.2, 0.25) is 0 Å². The van der Waals surface area contributed by atoms with Crippen molar-refractivity contribution in [3.63, 3.8) is 0 Å². The maximum atomic E-state index is 6.76. The molecule has 0 amide bonds. The second kappa shape index (κ2) is 12.7. The summed E-state index contributed by atoms with van der Waals surface area (Å²) < 4.78 is 2.39. The SMILES string of the molecule is CCCC(N)c1ccc2c(c1)c1cc(N(c3ccccc3)c3ccc4c(c3)C3(c5ccccc5-c5ccccc53)c3ccccc3-4)ccc1n2-c1ccccc1. The second-order valence-corrected chi connectivity index (χ2v) is 15.3. The summed E-state index contributed by atoms with van der Waals surface area (Å²) in [6.07, 6.45) is 2.00. The van der Waals surface area contributed by atoms with Gasteiger partial charge in [0, 0.05) is 39.6 Å². The van der Waals surface area contributed by atoms with Crippen molar-refractivity contribution in [3.05, 3.63) is 216 Å². The molecule has 3 heteroatoms. The van der Waals surface area contributed by atoms with Gasteiger partial charge in [-0.2, -0.15) is 0 Å². The number of benzene rings is 8. The lowest BCUT2D eigenvalue weighted by Crippen LogP contribution is -2.26. The molecule has 0 aliphatic heterocycles. The van der Waals surface area contributed by atoms with Crippen LogP contribution in [0.3, 0.4) is 0 Å². The molecule has 11 rings (SSSR count). The van der Waals surface area contributed by atoms with Gasteiger partial charge in [-0.25, -0.2) is 0 Å². The Morgan fingerprint density at radius 3 is 1.61 bits per heavy atom. The van der Waals surface area contributed by atoms with Gasteiger partial charge in [0.25, 0.3) is 0 Å². The van der Waals surface area contributed by atoms with E-state index < -0.39 is 5.41 Å². The van der Waals surface area contributed by atoms with Crippen LogP contribution in [-0.4, -0.2) is 4.57 Å². The fourth-order valence-electron chi connectivity index (χ4n) is 9.98. The maximum Gasteiger partial charge on any atom is 0.0726 e. The highest BCUT2D eigenvalue weighted by Gasteiger charge is 2.51. The van der Waals surface area contributed by atoms with E-state index in [0.717, 1.165) is 35.6 Å². The first-order valence-electron chi connectivity index (χ1n) is 19.8. The molecule has 1 aromatic heterocycles.